The van der Waals surface area contributed by atoms with E-state index in [0.717, 1.165) is 19.4 Å². The zero-order valence-electron chi connectivity index (χ0n) is 10.5. The normalized spacial score (nSPS) is 18.9. The van der Waals surface area contributed by atoms with Gasteiger partial charge in [0.2, 0.25) is 0 Å². The van der Waals surface area contributed by atoms with Gasteiger partial charge in [0.15, 0.2) is 0 Å². The molecule has 0 saturated carbocycles. The molecular weight excluding hydrogens is 230 g/mol. The summed E-state index contributed by atoms with van der Waals surface area (Å²) in [5.41, 5.74) is 0.545. The molecule has 18 heavy (non-hydrogen) atoms. The lowest BCUT2D eigenvalue weighted by atomic mass is 10.2. The van der Waals surface area contributed by atoms with Crippen LogP contribution in [-0.4, -0.2) is 46.6 Å². The molecule has 1 saturated heterocycles. The van der Waals surface area contributed by atoms with Crippen LogP contribution in [0.25, 0.3) is 0 Å². The zero-order valence-corrected chi connectivity index (χ0v) is 10.5. The van der Waals surface area contributed by atoms with Gasteiger partial charge in [-0.25, -0.2) is 4.98 Å². The molecule has 1 aliphatic rings. The number of aromatic nitrogens is 2. The van der Waals surface area contributed by atoms with Gasteiger partial charge in [-0.3, -0.25) is 9.78 Å². The fourth-order valence-electron chi connectivity index (χ4n) is 2.04. The van der Waals surface area contributed by atoms with Gasteiger partial charge in [0.1, 0.15) is 5.69 Å². The molecule has 5 heteroatoms. The topological polar surface area (TPSA) is 55.3 Å². The number of rotatable bonds is 4. The summed E-state index contributed by atoms with van der Waals surface area (Å²) < 4.78 is 5.54. The smallest absolute Gasteiger partial charge is 0.274 e. The van der Waals surface area contributed by atoms with Crippen LogP contribution in [-0.2, 0) is 4.74 Å². The Labute approximate surface area is 107 Å². The molecule has 1 amide bonds. The van der Waals surface area contributed by atoms with Gasteiger partial charge >= 0.3 is 0 Å². The molecule has 1 atom stereocenters. The first-order valence-electron chi connectivity index (χ1n) is 6.19. The van der Waals surface area contributed by atoms with Crippen molar-refractivity contribution in [2.45, 2.75) is 25.9 Å². The summed E-state index contributed by atoms with van der Waals surface area (Å²) in [5, 5.41) is 0. The highest BCUT2D eigenvalue weighted by atomic mass is 16.5. The van der Waals surface area contributed by atoms with E-state index < -0.39 is 0 Å². The Bertz CT molecular complexity index is 416. The SMILES string of the molecule is [CH]c1cncc(C(=O)N(CC)CC2CCCO2)n1. The van der Waals surface area contributed by atoms with E-state index in [4.69, 9.17) is 11.7 Å². The lowest BCUT2D eigenvalue weighted by Crippen LogP contribution is -2.37. The van der Waals surface area contributed by atoms with Gasteiger partial charge in [-0.05, 0) is 19.8 Å². The third kappa shape index (κ3) is 3.04. The van der Waals surface area contributed by atoms with Crippen LogP contribution in [0.3, 0.4) is 0 Å². The summed E-state index contributed by atoms with van der Waals surface area (Å²) >= 11 is 0. The van der Waals surface area contributed by atoms with Crippen LogP contribution in [0.1, 0.15) is 35.9 Å². The first-order valence-corrected chi connectivity index (χ1v) is 6.19. The van der Waals surface area contributed by atoms with Crippen LogP contribution in [0.4, 0.5) is 0 Å². The molecule has 2 radical (unpaired) electrons. The molecule has 1 fully saturated rings. The average Bonchev–Trinajstić information content (AvgIpc) is 2.88. The lowest BCUT2D eigenvalue weighted by Gasteiger charge is -2.23. The minimum absolute atomic E-state index is 0.142. The molecule has 2 rings (SSSR count). The zero-order chi connectivity index (χ0) is 13.0. The van der Waals surface area contributed by atoms with Gasteiger partial charge < -0.3 is 9.64 Å². The summed E-state index contributed by atoms with van der Waals surface area (Å²) in [5.74, 6) is -0.146. The predicted octanol–water partition coefficient (Wildman–Crippen LogP) is 1.18. The quantitative estimate of drug-likeness (QED) is 0.801. The molecule has 0 spiro atoms. The number of likely N-dealkylation sites (N-methyl/N-ethyl adjacent to an activating group) is 1. The Morgan fingerprint density at radius 3 is 3.06 bits per heavy atom. The molecule has 0 aromatic carbocycles. The third-order valence-corrected chi connectivity index (χ3v) is 2.99. The predicted molar refractivity (Wildman–Crippen MR) is 66.0 cm³/mol. The molecular formula is C13H17N3O2. The largest absolute Gasteiger partial charge is 0.376 e. The van der Waals surface area contributed by atoms with Gasteiger partial charge in [0.25, 0.3) is 5.91 Å². The number of hydrogen-bond acceptors (Lipinski definition) is 4. The van der Waals surface area contributed by atoms with Crippen molar-refractivity contribution in [2.24, 2.45) is 0 Å². The van der Waals surface area contributed by atoms with Gasteiger partial charge in [-0.15, -0.1) is 0 Å². The molecule has 0 N–H and O–H groups in total. The maximum absolute atomic E-state index is 12.2. The summed E-state index contributed by atoms with van der Waals surface area (Å²) in [6, 6.07) is 0. The van der Waals surface area contributed by atoms with E-state index >= 15 is 0 Å². The number of ether oxygens (including phenoxy) is 1. The Hall–Kier alpha value is -1.49. The molecule has 1 unspecified atom stereocenters. The number of carbonyl (C=O) groups excluding carboxylic acids is 1. The van der Waals surface area contributed by atoms with Crippen molar-refractivity contribution in [3.63, 3.8) is 0 Å². The second-order valence-electron chi connectivity index (χ2n) is 4.31. The van der Waals surface area contributed by atoms with Crippen LogP contribution in [0.2, 0.25) is 0 Å². The van der Waals surface area contributed by atoms with Crippen molar-refractivity contribution in [3.05, 3.63) is 30.7 Å². The maximum Gasteiger partial charge on any atom is 0.274 e. The molecule has 1 aliphatic heterocycles. The Kier molecular flexibility index (Phi) is 4.25. The molecule has 0 bridgehead atoms. The van der Waals surface area contributed by atoms with Gasteiger partial charge in [0.05, 0.1) is 18.0 Å². The fraction of sp³-hybridized carbons (Fsp3) is 0.538. The second-order valence-corrected chi connectivity index (χ2v) is 4.31. The highest BCUT2D eigenvalue weighted by molar-refractivity contribution is 5.92. The minimum atomic E-state index is -0.146. The minimum Gasteiger partial charge on any atom is -0.376 e. The summed E-state index contributed by atoms with van der Waals surface area (Å²) in [4.78, 5) is 21.8. The van der Waals surface area contributed by atoms with Crippen molar-refractivity contribution >= 4 is 5.91 Å². The Morgan fingerprint density at radius 2 is 2.44 bits per heavy atom. The van der Waals surface area contributed by atoms with Crippen LogP contribution < -0.4 is 0 Å². The molecule has 96 valence electrons. The van der Waals surface area contributed by atoms with E-state index in [-0.39, 0.29) is 23.4 Å². The van der Waals surface area contributed by atoms with Crippen LogP contribution in [0, 0.1) is 6.92 Å². The van der Waals surface area contributed by atoms with E-state index in [0.29, 0.717) is 13.1 Å². The van der Waals surface area contributed by atoms with Crippen molar-refractivity contribution in [1.29, 1.82) is 0 Å². The number of hydrogen-bond donors (Lipinski definition) is 0. The van der Waals surface area contributed by atoms with Crippen LogP contribution in [0.15, 0.2) is 12.4 Å². The lowest BCUT2D eigenvalue weighted by molar-refractivity contribution is 0.0534. The van der Waals surface area contributed by atoms with E-state index in [2.05, 4.69) is 9.97 Å². The standard InChI is InChI=1S/C13H17N3O2/c1-3-16(9-11-5-4-6-18-11)13(17)12-8-14-7-10(2)15-12/h2,7-8,11H,3-6,9H2,1H3. The second kappa shape index (κ2) is 5.91. The highest BCUT2D eigenvalue weighted by Gasteiger charge is 2.23. The summed E-state index contributed by atoms with van der Waals surface area (Å²) in [7, 11) is 0. The number of nitrogens with zero attached hydrogens (tertiary/aromatic N) is 3. The van der Waals surface area contributed by atoms with Crippen LogP contribution in [0.5, 0.6) is 0 Å². The summed E-state index contributed by atoms with van der Waals surface area (Å²) in [6.07, 6.45) is 5.08. The third-order valence-electron chi connectivity index (χ3n) is 2.99. The maximum atomic E-state index is 12.2. The highest BCUT2D eigenvalue weighted by Crippen LogP contribution is 2.14. The van der Waals surface area contributed by atoms with Gasteiger partial charge in [-0.1, -0.05) is 0 Å². The van der Waals surface area contributed by atoms with Gasteiger partial charge in [0, 0.05) is 32.8 Å². The monoisotopic (exact) mass is 247 g/mol. The van der Waals surface area contributed by atoms with E-state index in [1.54, 1.807) is 4.90 Å². The fourth-order valence-corrected chi connectivity index (χ4v) is 2.04. The van der Waals surface area contributed by atoms with Crippen molar-refractivity contribution in [3.8, 4) is 0 Å². The first-order chi connectivity index (χ1) is 8.70. The van der Waals surface area contributed by atoms with E-state index in [9.17, 15) is 4.79 Å². The molecule has 2 heterocycles. The first kappa shape index (κ1) is 13.0. The van der Waals surface area contributed by atoms with Crippen molar-refractivity contribution in [1.82, 2.24) is 14.9 Å². The van der Waals surface area contributed by atoms with Gasteiger partial charge in [-0.2, -0.15) is 0 Å². The summed E-state index contributed by atoms with van der Waals surface area (Å²) in [6.45, 7) is 9.48. The Balaban J connectivity index is 2.04. The van der Waals surface area contributed by atoms with Crippen molar-refractivity contribution in [2.75, 3.05) is 19.7 Å². The van der Waals surface area contributed by atoms with E-state index in [1.165, 1.54) is 12.4 Å². The molecule has 5 nitrogen and oxygen atoms in total. The number of amides is 1. The Morgan fingerprint density at radius 1 is 1.61 bits per heavy atom. The number of carbonyl (C=O) groups is 1. The van der Waals surface area contributed by atoms with E-state index in [1.807, 2.05) is 6.92 Å². The molecule has 0 aliphatic carbocycles. The molecule has 1 aromatic heterocycles. The average molecular weight is 247 g/mol. The van der Waals surface area contributed by atoms with Crippen molar-refractivity contribution < 1.29 is 9.53 Å². The molecule has 1 aromatic rings. The van der Waals surface area contributed by atoms with Crippen LogP contribution >= 0.6 is 0 Å².